The molecule has 0 aliphatic carbocycles. The fraction of sp³-hybridized carbons (Fsp3) is 0.364. The summed E-state index contributed by atoms with van der Waals surface area (Å²) in [7, 11) is -6.48. The van der Waals surface area contributed by atoms with Gasteiger partial charge in [0.15, 0.2) is 21.0 Å². The number of fused-ring (bicyclic) bond motifs is 10. The normalized spacial score (nSPS) is 17.5. The van der Waals surface area contributed by atoms with Crippen LogP contribution in [0.3, 0.4) is 0 Å². The number of carbonyl (C=O) groups is 2. The zero-order valence-corrected chi connectivity index (χ0v) is 58.0. The van der Waals surface area contributed by atoms with Gasteiger partial charge in [0.25, 0.3) is 11.1 Å². The summed E-state index contributed by atoms with van der Waals surface area (Å²) in [5.74, 6) is -1.29. The number of carbonyl (C=O) groups excluding carboxylic acids is 2. The molecule has 0 bridgehead atoms. The van der Waals surface area contributed by atoms with Crippen LogP contribution in [0.25, 0.3) is 44.6 Å². The number of benzene rings is 4. The Kier molecular flexibility index (Phi) is 20.6. The van der Waals surface area contributed by atoms with Gasteiger partial charge in [0.05, 0.1) is 68.7 Å². The van der Waals surface area contributed by atoms with Crippen LogP contribution in [0, 0.1) is 0 Å². The largest absolute Gasteiger partial charge is 1.00 e. The molecule has 4 aromatic carbocycles. The molecule has 0 spiro atoms. The van der Waals surface area contributed by atoms with E-state index in [-0.39, 0.29) is 72.5 Å². The number of esters is 2. The number of ether oxygens (including phenoxy) is 2. The topological polar surface area (TPSA) is 237 Å². The standard InChI is InChI=1S/C33H36N2O6SSi.C27H31BrN2O4Si.C6H6O2S.Na/c1-4-33(38)27-19-29-30-25(20-35(29)31(36)26(27)21-41-32(33)37)23(24-13-8-9-14-28(24)34-30)15-18-43(2,3)17-10-16-42(39,40)22-11-6-5-7-12-22;1-4-27(33)21-14-23-24-19(15-30(23)25(31)20(21)16-34-26(27)32)17(10-13-35(2,3)12-7-11-28)18-8-5-6-9-22(18)29-24;7-9(8)6-4-2-1-3-5-6;/h5-9,11-14,19,38H,4,10,15-18,20-21H2,1-3H3;5-6,8-9,14,33H,4,7,10-13,15-16H2,1-3H3;1-5H,(H,7,8);/q;;;+1/p-1/t33-;27-;;/m00../s1. The van der Waals surface area contributed by atoms with Gasteiger partial charge in [-0.05, 0) is 109 Å². The summed E-state index contributed by atoms with van der Waals surface area (Å²) < 4.78 is 59.9. The second kappa shape index (κ2) is 27.1. The van der Waals surface area contributed by atoms with Crippen LogP contribution < -0.4 is 40.7 Å². The van der Waals surface area contributed by atoms with Crippen molar-refractivity contribution in [1.29, 1.82) is 0 Å². The molecule has 3 atom stereocenters. The van der Waals surface area contributed by atoms with Crippen LogP contribution in [0.15, 0.2) is 141 Å². The van der Waals surface area contributed by atoms with E-state index in [0.29, 0.717) is 68.6 Å². The third-order valence-corrected chi connectivity index (χ3v) is 27.5. The van der Waals surface area contributed by atoms with Crippen LogP contribution in [-0.2, 0) is 90.3 Å². The average Bonchev–Trinajstić information content (AvgIpc) is 1.52. The van der Waals surface area contributed by atoms with E-state index in [2.05, 4.69) is 54.3 Å². The SMILES string of the molecule is CC[C@@]1(O)C(=O)OCc2c1cc1n(c2=O)Cc2c-1nc1ccccc1c2CC[Si](C)(C)CCCBr.CC[C@@]1(O)C(=O)OCc2c1cc1n(c2=O)Cc2c-1nc1ccccc1c2CC[Si](C)(C)CCCS(=O)(=O)c1ccccc1.O=S([O-])c1ccccc1.[Na+]. The first-order valence-electron chi connectivity index (χ1n) is 29.6. The zero-order valence-electron chi connectivity index (χ0n) is 50.8. The third kappa shape index (κ3) is 13.3. The number of hydrogen-bond donors (Lipinski definition) is 2. The number of cyclic esters (lactones) is 2. The van der Waals surface area contributed by atoms with Gasteiger partial charge >= 0.3 is 41.5 Å². The summed E-state index contributed by atoms with van der Waals surface area (Å²) in [6, 6.07) is 40.9. The monoisotopic (exact) mass is 1330 g/mol. The number of aryl methyl sites for hydroxylation is 2. The Morgan fingerprint density at radius 1 is 0.614 bits per heavy atom. The summed E-state index contributed by atoms with van der Waals surface area (Å²) in [5, 5.41) is 25.6. The van der Waals surface area contributed by atoms with E-state index in [1.54, 1.807) is 89.7 Å². The molecule has 0 fully saturated rings. The molecule has 4 aliphatic rings. The smallest absolute Gasteiger partial charge is 0.768 e. The fourth-order valence-electron chi connectivity index (χ4n) is 12.5. The molecule has 0 amide bonds. The number of sulfone groups is 1. The van der Waals surface area contributed by atoms with Crippen molar-refractivity contribution in [2.75, 3.05) is 11.1 Å². The zero-order chi connectivity index (χ0) is 62.2. The number of hydrogen-bond acceptors (Lipinski definition) is 14. The maximum atomic E-state index is 13.7. The number of aromatic nitrogens is 4. The van der Waals surface area contributed by atoms with Gasteiger partial charge in [0.2, 0.25) is 0 Å². The Morgan fingerprint density at radius 3 is 1.43 bits per heavy atom. The molecule has 4 aromatic heterocycles. The predicted molar refractivity (Wildman–Crippen MR) is 346 cm³/mol. The van der Waals surface area contributed by atoms with Crippen LogP contribution in [0.5, 0.6) is 0 Å². The minimum Gasteiger partial charge on any atom is -0.768 e. The first-order valence-corrected chi connectivity index (χ1v) is 40.3. The molecule has 4 aliphatic heterocycles. The summed E-state index contributed by atoms with van der Waals surface area (Å²) in [6.45, 7) is 13.5. The van der Waals surface area contributed by atoms with Crippen molar-refractivity contribution in [3.8, 4) is 22.8 Å². The Morgan fingerprint density at radius 2 is 1.02 bits per heavy atom. The molecule has 456 valence electrons. The molecule has 88 heavy (non-hydrogen) atoms. The van der Waals surface area contributed by atoms with Gasteiger partial charge in [-0.25, -0.2) is 28.0 Å². The maximum Gasteiger partial charge on any atom is 1.00 e. The van der Waals surface area contributed by atoms with E-state index in [9.17, 15) is 46.6 Å². The molecule has 8 aromatic rings. The first kappa shape index (κ1) is 66.8. The van der Waals surface area contributed by atoms with Crippen LogP contribution >= 0.6 is 15.9 Å². The second-order valence-electron chi connectivity index (χ2n) is 24.5. The van der Waals surface area contributed by atoms with Crippen molar-refractivity contribution < 1.29 is 76.0 Å². The Hall–Kier alpha value is -5.57. The van der Waals surface area contributed by atoms with Gasteiger partial charge in [0, 0.05) is 59.4 Å². The molecule has 0 radical (unpaired) electrons. The molecular weight excluding hydrogens is 1260 g/mol. The number of nitrogens with zero attached hydrogens (tertiary/aromatic N) is 4. The molecule has 0 saturated heterocycles. The third-order valence-electron chi connectivity index (χ3n) is 17.8. The van der Waals surface area contributed by atoms with Gasteiger partial charge in [0.1, 0.15) is 13.2 Å². The van der Waals surface area contributed by atoms with E-state index < -0.39 is 60.2 Å². The quantitative estimate of drug-likeness (QED) is 0.0378. The van der Waals surface area contributed by atoms with Gasteiger partial charge in [-0.15, -0.1) is 0 Å². The van der Waals surface area contributed by atoms with Gasteiger partial charge < -0.3 is 33.4 Å². The van der Waals surface area contributed by atoms with Crippen LogP contribution in [-0.4, -0.2) is 85.7 Å². The second-order valence-corrected chi connectivity index (χ2v) is 39.0. The van der Waals surface area contributed by atoms with Gasteiger partial charge in [-0.2, -0.15) is 0 Å². The summed E-state index contributed by atoms with van der Waals surface area (Å²) >= 11 is 1.49. The van der Waals surface area contributed by atoms with Crippen molar-refractivity contribution in [3.05, 3.63) is 187 Å². The van der Waals surface area contributed by atoms with E-state index in [0.717, 1.165) is 74.5 Å². The minimum absolute atomic E-state index is 0. The van der Waals surface area contributed by atoms with Crippen molar-refractivity contribution in [2.24, 2.45) is 0 Å². The number of rotatable bonds is 17. The minimum atomic E-state index is -3.31. The van der Waals surface area contributed by atoms with E-state index in [4.69, 9.17) is 19.4 Å². The van der Waals surface area contributed by atoms with E-state index in [1.165, 1.54) is 24.1 Å². The van der Waals surface area contributed by atoms with Crippen LogP contribution in [0.2, 0.25) is 50.4 Å². The Balaban J connectivity index is 0.000000184. The number of aliphatic hydroxyl groups is 2. The molecule has 12 rings (SSSR count). The number of alkyl halides is 1. The fourth-order valence-corrected chi connectivity index (χ4v) is 19.9. The molecule has 2 N–H and O–H groups in total. The van der Waals surface area contributed by atoms with Crippen LogP contribution in [0.1, 0.15) is 84.0 Å². The van der Waals surface area contributed by atoms with E-state index >= 15 is 0 Å². The Bertz CT molecular complexity index is 4270. The molecule has 1 unspecified atom stereocenters. The number of pyridine rings is 4. The summed E-state index contributed by atoms with van der Waals surface area (Å²) in [5.41, 5.74) is 6.19. The predicted octanol–water partition coefficient (Wildman–Crippen LogP) is 8.24. The molecule has 8 heterocycles. The molecule has 22 heteroatoms. The maximum absolute atomic E-state index is 13.7. The first-order chi connectivity index (χ1) is 41.5. The van der Waals surface area contributed by atoms with Crippen LogP contribution in [0.4, 0.5) is 0 Å². The van der Waals surface area contributed by atoms with Crippen molar-refractivity contribution in [1.82, 2.24) is 19.1 Å². The Labute approximate surface area is 547 Å². The molecular formula is C66H72BrN4NaO12S2Si2. The van der Waals surface area contributed by atoms with Crippen molar-refractivity contribution in [3.63, 3.8) is 0 Å². The molecule has 16 nitrogen and oxygen atoms in total. The van der Waals surface area contributed by atoms with E-state index in [1.807, 2.05) is 42.5 Å². The number of para-hydroxylation sites is 2. The van der Waals surface area contributed by atoms with Gasteiger partial charge in [-0.3, -0.25) is 13.8 Å². The van der Waals surface area contributed by atoms with Gasteiger partial charge in [-0.1, -0.05) is 153 Å². The van der Waals surface area contributed by atoms with Crippen molar-refractivity contribution >= 4 is 86.7 Å². The summed E-state index contributed by atoms with van der Waals surface area (Å²) in [6.07, 6.45) is 3.80. The summed E-state index contributed by atoms with van der Waals surface area (Å²) in [4.78, 5) is 62.9. The van der Waals surface area contributed by atoms with Crippen molar-refractivity contribution in [2.45, 2.75) is 150 Å². The average molecular weight is 1340 g/mol. The number of halogens is 1. The molecule has 0 saturated carbocycles.